The van der Waals surface area contributed by atoms with Crippen LogP contribution >= 0.6 is 23.4 Å². The molecule has 28 heavy (non-hydrogen) atoms. The first kappa shape index (κ1) is 20.0. The average molecular weight is 416 g/mol. The number of thioether (sulfide) groups is 1. The number of hydrogen-bond acceptors (Lipinski definition) is 5. The minimum absolute atomic E-state index is 0.0951. The van der Waals surface area contributed by atoms with Gasteiger partial charge in [0.2, 0.25) is 5.91 Å². The summed E-state index contributed by atoms with van der Waals surface area (Å²) in [6.45, 7) is 2.00. The van der Waals surface area contributed by atoms with E-state index in [2.05, 4.69) is 15.3 Å². The van der Waals surface area contributed by atoms with Gasteiger partial charge in [-0.25, -0.2) is 4.98 Å². The normalized spacial score (nSPS) is 10.5. The van der Waals surface area contributed by atoms with Gasteiger partial charge in [0.05, 0.1) is 11.4 Å². The number of anilines is 1. The lowest BCUT2D eigenvalue weighted by Crippen LogP contribution is -2.16. The first-order chi connectivity index (χ1) is 13.5. The third-order valence-electron chi connectivity index (χ3n) is 3.78. The number of amides is 1. The molecule has 2 N–H and O–H groups in total. The second kappa shape index (κ2) is 9.43. The minimum Gasteiger partial charge on any atom is -0.487 e. The summed E-state index contributed by atoms with van der Waals surface area (Å²) < 4.78 is 5.61. The molecule has 1 aromatic heterocycles. The summed E-state index contributed by atoms with van der Waals surface area (Å²) in [5.41, 5.74) is 1.65. The van der Waals surface area contributed by atoms with Gasteiger partial charge in [-0.3, -0.25) is 9.59 Å². The molecule has 0 aliphatic rings. The predicted molar refractivity (Wildman–Crippen MR) is 111 cm³/mol. The van der Waals surface area contributed by atoms with Crippen LogP contribution in [0.25, 0.3) is 0 Å². The largest absolute Gasteiger partial charge is 0.487 e. The van der Waals surface area contributed by atoms with Gasteiger partial charge >= 0.3 is 0 Å². The number of ether oxygens (including phenoxy) is 1. The first-order valence-electron chi connectivity index (χ1n) is 8.47. The Hall–Kier alpha value is -2.77. The molecule has 0 saturated heterocycles. The van der Waals surface area contributed by atoms with E-state index in [-0.39, 0.29) is 23.8 Å². The standard InChI is InChI=1S/C20H18ClN3O3S/c1-13-16(21)8-5-9-17(13)23-19(26)12-28-20-22-14(10-18(25)24-20)11-27-15-6-3-2-4-7-15/h2-10H,11-12H2,1H3,(H,23,26)(H,22,24,25). The van der Waals surface area contributed by atoms with E-state index in [0.29, 0.717) is 27.3 Å². The number of halogens is 1. The zero-order chi connectivity index (χ0) is 19.9. The molecule has 0 unspecified atom stereocenters. The third kappa shape index (κ3) is 5.61. The van der Waals surface area contributed by atoms with Crippen LogP contribution < -0.4 is 15.6 Å². The molecule has 0 aliphatic heterocycles. The lowest BCUT2D eigenvalue weighted by atomic mass is 10.2. The summed E-state index contributed by atoms with van der Waals surface area (Å²) in [7, 11) is 0. The molecule has 0 bridgehead atoms. The third-order valence-corrected chi connectivity index (χ3v) is 5.07. The quantitative estimate of drug-likeness (QED) is 0.449. The summed E-state index contributed by atoms with van der Waals surface area (Å²) in [6, 6.07) is 16.0. The fourth-order valence-corrected chi connectivity index (χ4v) is 3.23. The highest BCUT2D eigenvalue weighted by Crippen LogP contribution is 2.23. The molecule has 1 heterocycles. The highest BCUT2D eigenvalue weighted by molar-refractivity contribution is 7.99. The van der Waals surface area contributed by atoms with Crippen LogP contribution in [0.5, 0.6) is 5.75 Å². The van der Waals surface area contributed by atoms with E-state index in [1.807, 2.05) is 37.3 Å². The van der Waals surface area contributed by atoms with Gasteiger partial charge in [0.15, 0.2) is 5.16 Å². The van der Waals surface area contributed by atoms with E-state index >= 15 is 0 Å². The summed E-state index contributed by atoms with van der Waals surface area (Å²) in [6.07, 6.45) is 0. The van der Waals surface area contributed by atoms with Crippen LogP contribution in [0.15, 0.2) is 64.5 Å². The zero-order valence-electron chi connectivity index (χ0n) is 15.1. The Bertz CT molecular complexity index is 1020. The topological polar surface area (TPSA) is 84.1 Å². The molecule has 0 spiro atoms. The van der Waals surface area contributed by atoms with Crippen LogP contribution in [-0.4, -0.2) is 21.6 Å². The van der Waals surface area contributed by atoms with Crippen LogP contribution in [0, 0.1) is 6.92 Å². The summed E-state index contributed by atoms with van der Waals surface area (Å²) in [4.78, 5) is 31.0. The maximum absolute atomic E-state index is 12.2. The number of aromatic nitrogens is 2. The smallest absolute Gasteiger partial charge is 0.251 e. The number of carbonyl (C=O) groups excluding carboxylic acids is 1. The van der Waals surface area contributed by atoms with E-state index in [9.17, 15) is 9.59 Å². The lowest BCUT2D eigenvalue weighted by Gasteiger charge is -2.09. The highest BCUT2D eigenvalue weighted by atomic mass is 35.5. The Morgan fingerprint density at radius 1 is 1.21 bits per heavy atom. The second-order valence-electron chi connectivity index (χ2n) is 5.89. The van der Waals surface area contributed by atoms with Gasteiger partial charge in [-0.2, -0.15) is 0 Å². The molecule has 0 aliphatic carbocycles. The SMILES string of the molecule is Cc1c(Cl)cccc1NC(=O)CSc1nc(COc2ccccc2)cc(=O)[nH]1. The molecule has 8 heteroatoms. The minimum atomic E-state index is -0.296. The monoisotopic (exact) mass is 415 g/mol. The number of H-pyrrole nitrogens is 1. The van der Waals surface area contributed by atoms with Gasteiger partial charge in [0.25, 0.3) is 5.56 Å². The molecule has 1 amide bonds. The van der Waals surface area contributed by atoms with E-state index < -0.39 is 0 Å². The molecule has 144 valence electrons. The highest BCUT2D eigenvalue weighted by Gasteiger charge is 2.09. The van der Waals surface area contributed by atoms with Crippen molar-refractivity contribution in [2.45, 2.75) is 18.7 Å². The number of para-hydroxylation sites is 1. The van der Waals surface area contributed by atoms with Gasteiger partial charge in [-0.05, 0) is 36.8 Å². The Morgan fingerprint density at radius 3 is 2.79 bits per heavy atom. The van der Waals surface area contributed by atoms with Gasteiger partial charge in [-0.1, -0.05) is 47.6 Å². The molecule has 6 nitrogen and oxygen atoms in total. The number of aromatic amines is 1. The molecule has 0 fully saturated rings. The summed E-state index contributed by atoms with van der Waals surface area (Å²) in [5.74, 6) is 0.566. The van der Waals surface area contributed by atoms with Crippen LogP contribution in [0.1, 0.15) is 11.3 Å². The predicted octanol–water partition coefficient (Wildman–Crippen LogP) is 4.04. The van der Waals surface area contributed by atoms with Crippen molar-refractivity contribution in [2.75, 3.05) is 11.1 Å². The van der Waals surface area contributed by atoms with Crippen molar-refractivity contribution in [2.24, 2.45) is 0 Å². The Labute approximate surface area is 171 Å². The van der Waals surface area contributed by atoms with Crippen molar-refractivity contribution in [3.63, 3.8) is 0 Å². The van der Waals surface area contributed by atoms with E-state index in [0.717, 1.165) is 17.3 Å². The zero-order valence-corrected chi connectivity index (χ0v) is 16.6. The number of rotatable bonds is 7. The molecular formula is C20H18ClN3O3S. The van der Waals surface area contributed by atoms with Gasteiger partial charge in [0, 0.05) is 16.8 Å². The molecule has 3 aromatic rings. The summed E-state index contributed by atoms with van der Waals surface area (Å²) >= 11 is 7.20. The van der Waals surface area contributed by atoms with Crippen molar-refractivity contribution in [1.29, 1.82) is 0 Å². The van der Waals surface area contributed by atoms with Gasteiger partial charge < -0.3 is 15.0 Å². The second-order valence-corrected chi connectivity index (χ2v) is 7.26. The van der Waals surface area contributed by atoms with E-state index in [4.69, 9.17) is 16.3 Å². The van der Waals surface area contributed by atoms with Crippen molar-refractivity contribution < 1.29 is 9.53 Å². The van der Waals surface area contributed by atoms with Crippen LogP contribution in [0.4, 0.5) is 5.69 Å². The molecule has 3 rings (SSSR count). The number of hydrogen-bond donors (Lipinski definition) is 2. The molecule has 2 aromatic carbocycles. The molecule has 0 atom stereocenters. The van der Waals surface area contributed by atoms with Crippen LogP contribution in [0.2, 0.25) is 5.02 Å². The first-order valence-corrected chi connectivity index (χ1v) is 9.83. The lowest BCUT2D eigenvalue weighted by molar-refractivity contribution is -0.113. The van der Waals surface area contributed by atoms with Crippen LogP contribution in [0.3, 0.4) is 0 Å². The number of nitrogens with one attached hydrogen (secondary N) is 2. The Morgan fingerprint density at radius 2 is 2.00 bits per heavy atom. The fraction of sp³-hybridized carbons (Fsp3) is 0.150. The van der Waals surface area contributed by atoms with E-state index in [1.54, 1.807) is 18.2 Å². The van der Waals surface area contributed by atoms with Crippen molar-refractivity contribution in [3.8, 4) is 5.75 Å². The molecular weight excluding hydrogens is 398 g/mol. The maximum Gasteiger partial charge on any atom is 0.251 e. The van der Waals surface area contributed by atoms with Gasteiger partial charge in [-0.15, -0.1) is 0 Å². The van der Waals surface area contributed by atoms with Crippen molar-refractivity contribution in [3.05, 3.63) is 81.2 Å². The Balaban J connectivity index is 1.59. The average Bonchev–Trinajstić information content (AvgIpc) is 2.69. The number of carbonyl (C=O) groups is 1. The van der Waals surface area contributed by atoms with Gasteiger partial charge in [0.1, 0.15) is 12.4 Å². The number of nitrogens with zero attached hydrogens (tertiary/aromatic N) is 1. The maximum atomic E-state index is 12.2. The summed E-state index contributed by atoms with van der Waals surface area (Å²) in [5, 5.41) is 3.75. The van der Waals surface area contributed by atoms with Crippen LogP contribution in [-0.2, 0) is 11.4 Å². The van der Waals surface area contributed by atoms with E-state index in [1.165, 1.54) is 6.07 Å². The Kier molecular flexibility index (Phi) is 6.73. The fourth-order valence-electron chi connectivity index (χ4n) is 2.36. The van der Waals surface area contributed by atoms with Crippen molar-refractivity contribution >= 4 is 35.0 Å². The number of benzene rings is 2. The molecule has 0 radical (unpaired) electrons. The van der Waals surface area contributed by atoms with Crippen molar-refractivity contribution in [1.82, 2.24) is 9.97 Å². The molecule has 0 saturated carbocycles.